The van der Waals surface area contributed by atoms with Crippen LogP contribution in [0.2, 0.25) is 0 Å². The highest BCUT2D eigenvalue weighted by Gasteiger charge is 2.16. The standard InChI is InChI=1S/C17H26O3/c1-3-4-5-6-7-11-14-16(20-17(18)19-2)15-12-9-8-10-13-15/h8-10,12-13,16H,3-7,11,14H2,1-2H3. The van der Waals surface area contributed by atoms with Crippen molar-refractivity contribution in [1.82, 2.24) is 0 Å². The molecule has 0 heterocycles. The molecule has 1 rings (SSSR count). The zero-order valence-electron chi connectivity index (χ0n) is 12.6. The summed E-state index contributed by atoms with van der Waals surface area (Å²) in [6.07, 6.45) is 7.43. The Morgan fingerprint density at radius 2 is 1.70 bits per heavy atom. The molecule has 0 N–H and O–H groups in total. The Hall–Kier alpha value is -1.51. The third-order valence-electron chi connectivity index (χ3n) is 3.40. The molecular weight excluding hydrogens is 252 g/mol. The summed E-state index contributed by atoms with van der Waals surface area (Å²) in [6.45, 7) is 2.22. The van der Waals surface area contributed by atoms with Crippen molar-refractivity contribution in [2.45, 2.75) is 58.0 Å². The number of benzene rings is 1. The second-order valence-electron chi connectivity index (χ2n) is 5.03. The molecular formula is C17H26O3. The van der Waals surface area contributed by atoms with E-state index in [1.54, 1.807) is 0 Å². The van der Waals surface area contributed by atoms with E-state index in [-0.39, 0.29) is 6.10 Å². The summed E-state index contributed by atoms with van der Waals surface area (Å²) >= 11 is 0. The third-order valence-corrected chi connectivity index (χ3v) is 3.40. The highest BCUT2D eigenvalue weighted by molar-refractivity contribution is 5.60. The lowest BCUT2D eigenvalue weighted by Gasteiger charge is -2.17. The average Bonchev–Trinajstić information content (AvgIpc) is 2.50. The van der Waals surface area contributed by atoms with Crippen LogP contribution in [0.25, 0.3) is 0 Å². The molecule has 0 fully saturated rings. The molecule has 0 bridgehead atoms. The monoisotopic (exact) mass is 278 g/mol. The summed E-state index contributed by atoms with van der Waals surface area (Å²) in [7, 11) is 1.34. The van der Waals surface area contributed by atoms with Crippen LogP contribution in [0.3, 0.4) is 0 Å². The third kappa shape index (κ3) is 6.60. The number of hydrogen-bond acceptors (Lipinski definition) is 3. The molecule has 0 aliphatic rings. The van der Waals surface area contributed by atoms with E-state index in [9.17, 15) is 4.79 Å². The van der Waals surface area contributed by atoms with E-state index in [2.05, 4.69) is 11.7 Å². The van der Waals surface area contributed by atoms with Crippen molar-refractivity contribution in [2.24, 2.45) is 0 Å². The first-order chi connectivity index (χ1) is 9.77. The van der Waals surface area contributed by atoms with Crippen molar-refractivity contribution in [3.8, 4) is 0 Å². The number of rotatable bonds is 9. The summed E-state index contributed by atoms with van der Waals surface area (Å²) in [5, 5.41) is 0. The Balaban J connectivity index is 2.41. The smallest absolute Gasteiger partial charge is 0.438 e. The maximum Gasteiger partial charge on any atom is 0.508 e. The molecule has 0 spiro atoms. The van der Waals surface area contributed by atoms with E-state index in [0.29, 0.717) is 0 Å². The van der Waals surface area contributed by atoms with Gasteiger partial charge in [-0.05, 0) is 18.4 Å². The fraction of sp³-hybridized carbons (Fsp3) is 0.588. The zero-order chi connectivity index (χ0) is 14.6. The molecule has 0 amide bonds. The number of carbonyl (C=O) groups excluding carboxylic acids is 1. The van der Waals surface area contributed by atoms with Crippen LogP contribution in [0.15, 0.2) is 30.3 Å². The van der Waals surface area contributed by atoms with Crippen LogP contribution in [0.1, 0.15) is 63.5 Å². The van der Waals surface area contributed by atoms with Crippen molar-refractivity contribution in [2.75, 3.05) is 7.11 Å². The molecule has 1 aromatic rings. The molecule has 3 nitrogen and oxygen atoms in total. The van der Waals surface area contributed by atoms with Gasteiger partial charge in [0.2, 0.25) is 0 Å². The van der Waals surface area contributed by atoms with Crippen LogP contribution < -0.4 is 0 Å². The number of hydrogen-bond donors (Lipinski definition) is 0. The van der Waals surface area contributed by atoms with Gasteiger partial charge in [0.1, 0.15) is 6.10 Å². The molecule has 20 heavy (non-hydrogen) atoms. The fourth-order valence-electron chi connectivity index (χ4n) is 2.24. The predicted octanol–water partition coefficient (Wildman–Crippen LogP) is 5.26. The summed E-state index contributed by atoms with van der Waals surface area (Å²) in [6, 6.07) is 9.87. The molecule has 0 radical (unpaired) electrons. The van der Waals surface area contributed by atoms with E-state index < -0.39 is 6.16 Å². The van der Waals surface area contributed by atoms with Gasteiger partial charge in [0.15, 0.2) is 0 Å². The first-order valence-corrected chi connectivity index (χ1v) is 7.57. The largest absolute Gasteiger partial charge is 0.508 e. The maximum atomic E-state index is 11.3. The molecule has 0 saturated carbocycles. The van der Waals surface area contributed by atoms with Crippen LogP contribution >= 0.6 is 0 Å². The van der Waals surface area contributed by atoms with E-state index in [4.69, 9.17) is 4.74 Å². The topological polar surface area (TPSA) is 35.5 Å². The Morgan fingerprint density at radius 3 is 2.35 bits per heavy atom. The molecule has 3 heteroatoms. The molecule has 0 aliphatic carbocycles. The Kier molecular flexibility index (Phi) is 8.52. The van der Waals surface area contributed by atoms with Gasteiger partial charge >= 0.3 is 6.16 Å². The van der Waals surface area contributed by atoms with Gasteiger partial charge in [0, 0.05) is 0 Å². The van der Waals surface area contributed by atoms with Crippen LogP contribution in [-0.4, -0.2) is 13.3 Å². The lowest BCUT2D eigenvalue weighted by atomic mass is 10.0. The van der Waals surface area contributed by atoms with Crippen molar-refractivity contribution >= 4 is 6.16 Å². The molecule has 0 aliphatic heterocycles. The van der Waals surface area contributed by atoms with E-state index >= 15 is 0 Å². The first-order valence-electron chi connectivity index (χ1n) is 7.57. The van der Waals surface area contributed by atoms with Crippen molar-refractivity contribution in [3.05, 3.63) is 35.9 Å². The molecule has 0 aromatic heterocycles. The molecule has 0 saturated heterocycles. The number of ether oxygens (including phenoxy) is 2. The van der Waals surface area contributed by atoms with Gasteiger partial charge in [-0.2, -0.15) is 0 Å². The minimum Gasteiger partial charge on any atom is -0.438 e. The van der Waals surface area contributed by atoms with Crippen molar-refractivity contribution in [3.63, 3.8) is 0 Å². The van der Waals surface area contributed by atoms with Crippen molar-refractivity contribution in [1.29, 1.82) is 0 Å². The van der Waals surface area contributed by atoms with Gasteiger partial charge < -0.3 is 9.47 Å². The highest BCUT2D eigenvalue weighted by atomic mass is 16.7. The second kappa shape index (κ2) is 10.3. The summed E-state index contributed by atoms with van der Waals surface area (Å²) in [5.74, 6) is 0. The summed E-state index contributed by atoms with van der Waals surface area (Å²) in [4.78, 5) is 11.3. The highest BCUT2D eigenvalue weighted by Crippen LogP contribution is 2.24. The minimum atomic E-state index is -0.607. The number of unbranched alkanes of at least 4 members (excludes halogenated alkanes) is 5. The Bertz CT molecular complexity index is 362. The van der Waals surface area contributed by atoms with Gasteiger partial charge in [0.05, 0.1) is 7.11 Å². The van der Waals surface area contributed by atoms with E-state index in [1.807, 2.05) is 30.3 Å². The van der Waals surface area contributed by atoms with Gasteiger partial charge in [-0.3, -0.25) is 0 Å². The predicted molar refractivity (Wildman–Crippen MR) is 80.7 cm³/mol. The van der Waals surface area contributed by atoms with Crippen LogP contribution in [0.4, 0.5) is 4.79 Å². The molecule has 1 aromatic carbocycles. The lowest BCUT2D eigenvalue weighted by molar-refractivity contribution is 0.0321. The lowest BCUT2D eigenvalue weighted by Crippen LogP contribution is -2.11. The SMILES string of the molecule is CCCCCCCCC(OC(=O)OC)c1ccccc1. The van der Waals surface area contributed by atoms with E-state index in [1.165, 1.54) is 39.2 Å². The van der Waals surface area contributed by atoms with Crippen LogP contribution in [0.5, 0.6) is 0 Å². The van der Waals surface area contributed by atoms with Crippen LogP contribution in [-0.2, 0) is 9.47 Å². The van der Waals surface area contributed by atoms with E-state index in [0.717, 1.165) is 18.4 Å². The fourth-order valence-corrected chi connectivity index (χ4v) is 2.24. The molecule has 1 atom stereocenters. The number of methoxy groups -OCH3 is 1. The average molecular weight is 278 g/mol. The maximum absolute atomic E-state index is 11.3. The Morgan fingerprint density at radius 1 is 1.05 bits per heavy atom. The van der Waals surface area contributed by atoms with Gasteiger partial charge in [-0.1, -0.05) is 69.4 Å². The Labute approximate surface area is 122 Å². The molecule has 112 valence electrons. The van der Waals surface area contributed by atoms with Gasteiger partial charge in [0.25, 0.3) is 0 Å². The zero-order valence-corrected chi connectivity index (χ0v) is 12.6. The van der Waals surface area contributed by atoms with Crippen molar-refractivity contribution < 1.29 is 14.3 Å². The first kappa shape index (κ1) is 16.5. The minimum absolute atomic E-state index is 0.199. The number of carbonyl (C=O) groups is 1. The molecule has 1 unspecified atom stereocenters. The normalized spacial score (nSPS) is 11.9. The van der Waals surface area contributed by atoms with Gasteiger partial charge in [-0.15, -0.1) is 0 Å². The second-order valence-corrected chi connectivity index (χ2v) is 5.03. The van der Waals surface area contributed by atoms with Gasteiger partial charge in [-0.25, -0.2) is 4.79 Å². The summed E-state index contributed by atoms with van der Waals surface area (Å²) < 4.78 is 9.95. The van der Waals surface area contributed by atoms with Crippen LogP contribution in [0, 0.1) is 0 Å². The quantitative estimate of drug-likeness (QED) is 0.456. The summed E-state index contributed by atoms with van der Waals surface area (Å²) in [5.41, 5.74) is 1.03.